The van der Waals surface area contributed by atoms with Gasteiger partial charge in [-0.25, -0.2) is 4.39 Å². The van der Waals surface area contributed by atoms with Crippen LogP contribution in [0.25, 0.3) is 0 Å². The summed E-state index contributed by atoms with van der Waals surface area (Å²) in [6, 6.07) is 1.76. The van der Waals surface area contributed by atoms with Crippen molar-refractivity contribution >= 4 is 5.97 Å². The van der Waals surface area contributed by atoms with Crippen molar-refractivity contribution in [2.45, 2.75) is 19.8 Å². The van der Waals surface area contributed by atoms with E-state index in [0.29, 0.717) is 0 Å². The zero-order valence-corrected chi connectivity index (χ0v) is 7.55. The Morgan fingerprint density at radius 2 is 2.38 bits per heavy atom. The molecule has 1 atom stereocenters. The van der Waals surface area contributed by atoms with E-state index < -0.39 is 18.1 Å². The number of carbonyl (C=O) groups is 1. The zero-order chi connectivity index (χ0) is 9.90. The van der Waals surface area contributed by atoms with Crippen molar-refractivity contribution in [3.63, 3.8) is 0 Å². The van der Waals surface area contributed by atoms with Gasteiger partial charge in [0.25, 0.3) is 0 Å². The van der Waals surface area contributed by atoms with E-state index in [1.807, 2.05) is 0 Å². The zero-order valence-electron chi connectivity index (χ0n) is 7.55. The molecule has 0 heterocycles. The molecule has 0 N–H and O–H groups in total. The molecule has 0 amide bonds. The second-order valence-electron chi connectivity index (χ2n) is 3.21. The van der Waals surface area contributed by atoms with E-state index in [9.17, 15) is 9.18 Å². The summed E-state index contributed by atoms with van der Waals surface area (Å²) in [5.41, 5.74) is -1.52. The quantitative estimate of drug-likeness (QED) is 0.622. The van der Waals surface area contributed by atoms with Crippen molar-refractivity contribution in [2.75, 3.05) is 13.3 Å². The van der Waals surface area contributed by atoms with Gasteiger partial charge in [-0.15, -0.1) is 0 Å². The molecule has 0 bridgehead atoms. The third-order valence-corrected chi connectivity index (χ3v) is 2.32. The number of esters is 1. The largest absolute Gasteiger partial charge is 0.465 e. The molecule has 0 saturated heterocycles. The number of rotatable bonds is 4. The van der Waals surface area contributed by atoms with Gasteiger partial charge in [-0.1, -0.05) is 0 Å². The van der Waals surface area contributed by atoms with Crippen LogP contribution in [-0.2, 0) is 9.53 Å². The van der Waals surface area contributed by atoms with Crippen LogP contribution in [0.1, 0.15) is 19.8 Å². The maximum Gasteiger partial charge on any atom is 0.329 e. The fourth-order valence-electron chi connectivity index (χ4n) is 1.33. The number of halogens is 1. The predicted molar refractivity (Wildman–Crippen MR) is 43.4 cm³/mol. The highest BCUT2D eigenvalue weighted by molar-refractivity contribution is 5.81. The molecule has 0 aliphatic heterocycles. The molecule has 3 nitrogen and oxygen atoms in total. The van der Waals surface area contributed by atoms with E-state index in [-0.39, 0.29) is 12.5 Å². The lowest BCUT2D eigenvalue weighted by atomic mass is 9.86. The Balaban J connectivity index is 2.77. The lowest BCUT2D eigenvalue weighted by Gasteiger charge is -2.19. The first-order valence-corrected chi connectivity index (χ1v) is 4.35. The number of alkyl halides is 1. The number of hydrogen-bond acceptors (Lipinski definition) is 3. The second kappa shape index (κ2) is 3.73. The van der Waals surface area contributed by atoms with Gasteiger partial charge in [0.05, 0.1) is 12.7 Å². The van der Waals surface area contributed by atoms with Crippen LogP contribution >= 0.6 is 0 Å². The summed E-state index contributed by atoms with van der Waals surface area (Å²) in [5, 5.41) is 8.79. The lowest BCUT2D eigenvalue weighted by molar-refractivity contribution is -0.154. The van der Waals surface area contributed by atoms with Crippen molar-refractivity contribution in [3.8, 4) is 6.07 Å². The second-order valence-corrected chi connectivity index (χ2v) is 3.21. The minimum Gasteiger partial charge on any atom is -0.465 e. The molecule has 1 saturated carbocycles. The number of nitriles is 1. The van der Waals surface area contributed by atoms with Gasteiger partial charge in [-0.2, -0.15) is 5.26 Å². The van der Waals surface area contributed by atoms with Crippen LogP contribution in [0.5, 0.6) is 0 Å². The van der Waals surface area contributed by atoms with Gasteiger partial charge in [0.1, 0.15) is 6.67 Å². The highest BCUT2D eigenvalue weighted by Crippen LogP contribution is 2.46. The van der Waals surface area contributed by atoms with Crippen molar-refractivity contribution in [3.05, 3.63) is 0 Å². The summed E-state index contributed by atoms with van der Waals surface area (Å²) in [4.78, 5) is 11.3. The van der Waals surface area contributed by atoms with E-state index >= 15 is 0 Å². The third kappa shape index (κ3) is 1.64. The fraction of sp³-hybridized carbons (Fsp3) is 0.778. The van der Waals surface area contributed by atoms with E-state index in [1.54, 1.807) is 13.0 Å². The van der Waals surface area contributed by atoms with Crippen LogP contribution in [0.3, 0.4) is 0 Å². The summed E-state index contributed by atoms with van der Waals surface area (Å²) >= 11 is 0. The normalized spacial score (nSPS) is 20.1. The molecule has 0 aromatic rings. The molecule has 0 radical (unpaired) electrons. The maximum atomic E-state index is 12.7. The molecule has 1 aliphatic carbocycles. The summed E-state index contributed by atoms with van der Waals surface area (Å²) < 4.78 is 17.3. The van der Waals surface area contributed by atoms with Crippen LogP contribution in [0, 0.1) is 22.7 Å². The predicted octanol–water partition coefficient (Wildman–Crippen LogP) is 1.44. The monoisotopic (exact) mass is 185 g/mol. The van der Waals surface area contributed by atoms with Crippen LogP contribution in [-0.4, -0.2) is 19.3 Å². The fourth-order valence-corrected chi connectivity index (χ4v) is 1.33. The van der Waals surface area contributed by atoms with Gasteiger partial charge in [0.2, 0.25) is 0 Å². The van der Waals surface area contributed by atoms with Gasteiger partial charge in [-0.3, -0.25) is 4.79 Å². The molecule has 1 aliphatic rings. The first-order chi connectivity index (χ1) is 6.21. The summed E-state index contributed by atoms with van der Waals surface area (Å²) in [6.45, 7) is 0.896. The topological polar surface area (TPSA) is 50.1 Å². The molecule has 1 fully saturated rings. The van der Waals surface area contributed by atoms with Gasteiger partial charge in [0, 0.05) is 0 Å². The van der Waals surface area contributed by atoms with Crippen molar-refractivity contribution in [2.24, 2.45) is 11.3 Å². The van der Waals surface area contributed by atoms with Gasteiger partial charge < -0.3 is 4.74 Å². The summed E-state index contributed by atoms with van der Waals surface area (Å²) in [7, 11) is 0. The summed E-state index contributed by atoms with van der Waals surface area (Å²) in [5.74, 6) is -0.843. The molecule has 72 valence electrons. The Kier molecular flexibility index (Phi) is 2.86. The van der Waals surface area contributed by atoms with Crippen molar-refractivity contribution in [1.29, 1.82) is 5.26 Å². The highest BCUT2D eigenvalue weighted by Gasteiger charge is 2.53. The minimum atomic E-state index is -1.52. The molecule has 1 unspecified atom stereocenters. The molecular weight excluding hydrogens is 173 g/mol. The molecule has 0 aromatic carbocycles. The van der Waals surface area contributed by atoms with E-state index in [2.05, 4.69) is 4.74 Å². The Morgan fingerprint density at radius 1 is 1.77 bits per heavy atom. The minimum absolute atomic E-state index is 0.137. The van der Waals surface area contributed by atoms with E-state index in [4.69, 9.17) is 5.26 Å². The molecule has 4 heteroatoms. The first-order valence-electron chi connectivity index (χ1n) is 4.35. The number of carbonyl (C=O) groups excluding carboxylic acids is 1. The van der Waals surface area contributed by atoms with E-state index in [1.165, 1.54) is 0 Å². The van der Waals surface area contributed by atoms with Crippen molar-refractivity contribution in [1.82, 2.24) is 0 Å². The maximum absolute atomic E-state index is 12.7. The van der Waals surface area contributed by atoms with Gasteiger partial charge in [0.15, 0.2) is 5.41 Å². The van der Waals surface area contributed by atoms with Crippen LogP contribution in [0.15, 0.2) is 0 Å². The molecular formula is C9H12FNO2. The third-order valence-electron chi connectivity index (χ3n) is 2.32. The number of hydrogen-bond donors (Lipinski definition) is 0. The number of nitrogens with zero attached hydrogens (tertiary/aromatic N) is 1. The Labute approximate surface area is 76.5 Å². The molecule has 1 rings (SSSR count). The highest BCUT2D eigenvalue weighted by atomic mass is 19.1. The van der Waals surface area contributed by atoms with Crippen LogP contribution < -0.4 is 0 Å². The van der Waals surface area contributed by atoms with Gasteiger partial charge >= 0.3 is 5.97 Å². The Bertz CT molecular complexity index is 244. The van der Waals surface area contributed by atoms with Gasteiger partial charge in [-0.05, 0) is 25.7 Å². The van der Waals surface area contributed by atoms with Crippen LogP contribution in [0.4, 0.5) is 4.39 Å². The Morgan fingerprint density at radius 3 is 2.69 bits per heavy atom. The number of ether oxygens (including phenoxy) is 1. The molecule has 13 heavy (non-hydrogen) atoms. The molecule has 0 spiro atoms. The standard InChI is InChI=1S/C9H12FNO2/c1-2-13-8(12)9(5-10,6-11)7-3-4-7/h7H,2-5H2,1H3. The smallest absolute Gasteiger partial charge is 0.329 e. The SMILES string of the molecule is CCOC(=O)C(C#N)(CF)C1CC1. The van der Waals surface area contributed by atoms with Crippen LogP contribution in [0.2, 0.25) is 0 Å². The Hall–Kier alpha value is -1.11. The van der Waals surface area contributed by atoms with E-state index in [0.717, 1.165) is 12.8 Å². The lowest BCUT2D eigenvalue weighted by Crippen LogP contribution is -2.36. The summed E-state index contributed by atoms with van der Waals surface area (Å²) in [6.07, 6.45) is 1.49. The average Bonchev–Trinajstić information content (AvgIpc) is 2.92. The van der Waals surface area contributed by atoms with Crippen molar-refractivity contribution < 1.29 is 13.9 Å². The first kappa shape index (κ1) is 9.97. The average molecular weight is 185 g/mol. The molecule has 0 aromatic heterocycles.